The summed E-state index contributed by atoms with van der Waals surface area (Å²) >= 11 is 6.49. The second-order valence-electron chi connectivity index (χ2n) is 11.8. The fourth-order valence-corrected chi connectivity index (χ4v) is 5.71. The van der Waals surface area contributed by atoms with E-state index in [0.29, 0.717) is 30.0 Å². The lowest BCUT2D eigenvalue weighted by molar-refractivity contribution is 0.419. The standard InChI is InChI=1S/C34H36ClF2N3O/c1-7-23-25(33(4,5)8-2)15-30(40-32(23)24-14-27(36)28(37)16-26(24)35)34(9-10-34)19-38-18-21-12-22-11-20(3)17-39-31(22)29(13-21)41-6/h11-18H,7-10,19H2,1-6H3. The molecule has 0 unspecified atom stereocenters. The quantitative estimate of drug-likeness (QED) is 0.148. The lowest BCUT2D eigenvalue weighted by Crippen LogP contribution is -2.22. The molecule has 0 atom stereocenters. The van der Waals surface area contributed by atoms with Crippen LogP contribution in [0.4, 0.5) is 8.78 Å². The number of halogens is 3. The minimum atomic E-state index is -0.966. The Morgan fingerprint density at radius 3 is 2.46 bits per heavy atom. The van der Waals surface area contributed by atoms with Crippen molar-refractivity contribution in [3.05, 3.63) is 87.2 Å². The molecule has 4 nitrogen and oxygen atoms in total. The van der Waals surface area contributed by atoms with Crippen LogP contribution in [-0.2, 0) is 17.3 Å². The Kier molecular flexibility index (Phi) is 7.90. The summed E-state index contributed by atoms with van der Waals surface area (Å²) in [5.74, 6) is -1.19. The van der Waals surface area contributed by atoms with Crippen LogP contribution in [0.25, 0.3) is 22.2 Å². The number of methoxy groups -OCH3 is 1. The molecule has 1 aliphatic rings. The predicted octanol–water partition coefficient (Wildman–Crippen LogP) is 8.95. The van der Waals surface area contributed by atoms with E-state index in [-0.39, 0.29) is 15.9 Å². The Morgan fingerprint density at radius 1 is 1.07 bits per heavy atom. The number of hydrogen-bond donors (Lipinski definition) is 0. The summed E-state index contributed by atoms with van der Waals surface area (Å²) in [6, 6.07) is 10.5. The van der Waals surface area contributed by atoms with Crippen LogP contribution >= 0.6 is 11.6 Å². The number of nitrogens with zero attached hydrogens (tertiary/aromatic N) is 3. The zero-order chi connectivity index (χ0) is 29.5. The van der Waals surface area contributed by atoms with Crippen LogP contribution in [-0.4, -0.2) is 29.8 Å². The molecule has 5 rings (SSSR count). The van der Waals surface area contributed by atoms with Gasteiger partial charge in [0, 0.05) is 34.5 Å². The Balaban J connectivity index is 1.57. The van der Waals surface area contributed by atoms with Gasteiger partial charge in [0.05, 0.1) is 24.4 Å². The first-order chi connectivity index (χ1) is 19.5. The third-order valence-electron chi connectivity index (χ3n) is 8.51. The molecule has 0 bridgehead atoms. The highest BCUT2D eigenvalue weighted by atomic mass is 35.5. The number of benzene rings is 2. The van der Waals surface area contributed by atoms with Crippen LogP contribution in [0.15, 0.2) is 47.6 Å². The van der Waals surface area contributed by atoms with Gasteiger partial charge >= 0.3 is 0 Å². The molecule has 0 saturated heterocycles. The number of pyridine rings is 2. The van der Waals surface area contributed by atoms with Gasteiger partial charge in [-0.1, -0.05) is 39.3 Å². The van der Waals surface area contributed by atoms with Crippen molar-refractivity contribution >= 4 is 28.7 Å². The van der Waals surface area contributed by atoms with Crippen molar-refractivity contribution in [3.63, 3.8) is 0 Å². The molecule has 41 heavy (non-hydrogen) atoms. The van der Waals surface area contributed by atoms with Crippen LogP contribution in [0, 0.1) is 18.6 Å². The van der Waals surface area contributed by atoms with E-state index in [1.54, 1.807) is 7.11 Å². The summed E-state index contributed by atoms with van der Waals surface area (Å²) in [5.41, 5.74) is 6.63. The first kappa shape index (κ1) is 29.1. The Hall–Kier alpha value is -3.38. The number of aryl methyl sites for hydroxylation is 1. The molecule has 1 aliphatic carbocycles. The van der Waals surface area contributed by atoms with Crippen molar-refractivity contribution in [3.8, 4) is 17.0 Å². The molecule has 0 aliphatic heterocycles. The molecule has 0 N–H and O–H groups in total. The van der Waals surface area contributed by atoms with Crippen LogP contribution < -0.4 is 4.74 Å². The number of rotatable bonds is 9. The van der Waals surface area contributed by atoms with Gasteiger partial charge in [0.2, 0.25) is 0 Å². The summed E-state index contributed by atoms with van der Waals surface area (Å²) in [6.07, 6.45) is 7.22. The van der Waals surface area contributed by atoms with E-state index in [9.17, 15) is 8.78 Å². The highest BCUT2D eigenvalue weighted by Crippen LogP contribution is 2.50. The van der Waals surface area contributed by atoms with Gasteiger partial charge in [0.1, 0.15) is 11.3 Å². The highest BCUT2D eigenvalue weighted by molar-refractivity contribution is 6.33. The maximum atomic E-state index is 14.4. The number of fused-ring (bicyclic) bond motifs is 1. The molecule has 1 saturated carbocycles. The first-order valence-corrected chi connectivity index (χ1v) is 14.5. The maximum Gasteiger partial charge on any atom is 0.160 e. The average molecular weight is 576 g/mol. The van der Waals surface area contributed by atoms with Gasteiger partial charge in [-0.2, -0.15) is 0 Å². The second kappa shape index (κ2) is 11.1. The fraction of sp³-hybridized carbons (Fsp3) is 0.382. The van der Waals surface area contributed by atoms with Crippen LogP contribution in [0.3, 0.4) is 0 Å². The Labute approximate surface area is 245 Å². The normalized spacial score (nSPS) is 14.7. The largest absolute Gasteiger partial charge is 0.494 e. The van der Waals surface area contributed by atoms with E-state index >= 15 is 0 Å². The lowest BCUT2D eigenvalue weighted by Gasteiger charge is -2.30. The zero-order valence-electron chi connectivity index (χ0n) is 24.5. The van der Waals surface area contributed by atoms with Crippen LogP contribution in [0.1, 0.15) is 74.9 Å². The van der Waals surface area contributed by atoms with Gasteiger partial charge in [-0.15, -0.1) is 0 Å². The molecular weight excluding hydrogens is 540 g/mol. The van der Waals surface area contributed by atoms with Crippen molar-refractivity contribution < 1.29 is 13.5 Å². The van der Waals surface area contributed by atoms with E-state index in [1.165, 1.54) is 11.6 Å². The minimum Gasteiger partial charge on any atom is -0.494 e. The van der Waals surface area contributed by atoms with Gasteiger partial charge in [0.25, 0.3) is 0 Å². The van der Waals surface area contributed by atoms with Crippen molar-refractivity contribution in [1.29, 1.82) is 0 Å². The lowest BCUT2D eigenvalue weighted by atomic mass is 9.77. The zero-order valence-corrected chi connectivity index (χ0v) is 25.3. The second-order valence-corrected chi connectivity index (χ2v) is 12.2. The number of aliphatic imine (C=N–C) groups is 1. The molecule has 1 fully saturated rings. The van der Waals surface area contributed by atoms with Crippen LogP contribution in [0.2, 0.25) is 5.02 Å². The van der Waals surface area contributed by atoms with Gasteiger partial charge in [0.15, 0.2) is 11.6 Å². The molecule has 0 amide bonds. The van der Waals surface area contributed by atoms with Crippen molar-refractivity contribution in [2.45, 2.75) is 71.1 Å². The predicted molar refractivity (Wildman–Crippen MR) is 164 cm³/mol. The molecule has 7 heteroatoms. The molecule has 2 aromatic carbocycles. The average Bonchev–Trinajstić information content (AvgIpc) is 3.74. The summed E-state index contributed by atoms with van der Waals surface area (Å²) in [5, 5.41) is 1.16. The topological polar surface area (TPSA) is 47.4 Å². The summed E-state index contributed by atoms with van der Waals surface area (Å²) in [7, 11) is 1.65. The minimum absolute atomic E-state index is 0.143. The van der Waals surface area contributed by atoms with Crippen molar-refractivity contribution in [2.75, 3.05) is 13.7 Å². The van der Waals surface area contributed by atoms with Crippen molar-refractivity contribution in [1.82, 2.24) is 9.97 Å². The van der Waals surface area contributed by atoms with Crippen LogP contribution in [0.5, 0.6) is 5.75 Å². The molecule has 0 spiro atoms. The van der Waals surface area contributed by atoms with Gasteiger partial charge < -0.3 is 4.74 Å². The summed E-state index contributed by atoms with van der Waals surface area (Å²) in [6.45, 7) is 11.2. The molecule has 2 heterocycles. The SMILES string of the molecule is CCc1c(C(C)(C)CC)cc(C2(CN=Cc3cc(OC)c4ncc(C)cc4c3)CC2)nc1-c1cc(F)c(F)cc1Cl. The fourth-order valence-electron chi connectivity index (χ4n) is 5.47. The van der Waals surface area contributed by atoms with Gasteiger partial charge in [-0.3, -0.25) is 15.0 Å². The maximum absolute atomic E-state index is 14.4. The Bertz CT molecular complexity index is 1660. The van der Waals surface area contributed by atoms with E-state index in [1.807, 2.05) is 25.4 Å². The van der Waals surface area contributed by atoms with E-state index in [0.717, 1.165) is 58.6 Å². The molecule has 4 aromatic rings. The van der Waals surface area contributed by atoms with E-state index < -0.39 is 11.6 Å². The summed E-state index contributed by atoms with van der Waals surface area (Å²) < 4.78 is 34.0. The summed E-state index contributed by atoms with van der Waals surface area (Å²) in [4.78, 5) is 14.5. The number of hydrogen-bond acceptors (Lipinski definition) is 4. The van der Waals surface area contributed by atoms with Gasteiger partial charge in [-0.25, -0.2) is 8.78 Å². The molecule has 0 radical (unpaired) electrons. The van der Waals surface area contributed by atoms with Gasteiger partial charge in [-0.05, 0) is 96.7 Å². The smallest absolute Gasteiger partial charge is 0.160 e. The van der Waals surface area contributed by atoms with E-state index in [4.69, 9.17) is 26.3 Å². The Morgan fingerprint density at radius 2 is 1.80 bits per heavy atom. The highest BCUT2D eigenvalue weighted by Gasteiger charge is 2.46. The molecular formula is C34H36ClF2N3O. The molecule has 214 valence electrons. The molecule has 2 aromatic heterocycles. The monoisotopic (exact) mass is 575 g/mol. The number of aromatic nitrogens is 2. The van der Waals surface area contributed by atoms with Crippen molar-refractivity contribution in [2.24, 2.45) is 4.99 Å². The third-order valence-corrected chi connectivity index (χ3v) is 8.83. The van der Waals surface area contributed by atoms with E-state index in [2.05, 4.69) is 50.9 Å². The third kappa shape index (κ3) is 5.59. The number of ether oxygens (including phenoxy) is 1. The first-order valence-electron chi connectivity index (χ1n) is 14.2.